The molecule has 0 bridgehead atoms. The number of nitrogens with zero attached hydrogens (tertiary/aromatic N) is 6. The third kappa shape index (κ3) is 10.9. The molecule has 370 valence electrons. The molecule has 11 heteroatoms. The van der Waals surface area contributed by atoms with E-state index in [-0.39, 0.29) is 11.5 Å². The molecular weight excluding hydrogens is 1070 g/mol. The summed E-state index contributed by atoms with van der Waals surface area (Å²) in [4.78, 5) is 29.4. The number of hydrogen-bond acceptors (Lipinski definition) is 10. The summed E-state index contributed by atoms with van der Waals surface area (Å²) in [6.07, 6.45) is 0. The van der Waals surface area contributed by atoms with E-state index in [1.165, 1.54) is 12.1 Å². The molecule has 77 heavy (non-hydrogen) atoms. The van der Waals surface area contributed by atoms with Crippen LogP contribution in [0.25, 0.3) is 113 Å². The Bertz CT molecular complexity index is 3520. The van der Waals surface area contributed by atoms with Crippen LogP contribution in [0.3, 0.4) is 0 Å². The Balaban J connectivity index is 0.785. The first-order chi connectivity index (χ1) is 37.9. The third-order valence-corrected chi connectivity index (χ3v) is 14.3. The van der Waals surface area contributed by atoms with Crippen LogP contribution in [0.1, 0.15) is 0 Å². The Morgan fingerprint density at radius 3 is 0.701 bits per heavy atom. The third-order valence-electron chi connectivity index (χ3n) is 12.9. The van der Waals surface area contributed by atoms with Crippen LogP contribution < -0.4 is 28.2 Å². The molecule has 2 N–H and O–H groups in total. The number of phenolic OH excluding ortho intramolecular Hbond substituents is 2. The van der Waals surface area contributed by atoms with Crippen molar-refractivity contribution in [1.29, 1.82) is 0 Å². The van der Waals surface area contributed by atoms with Gasteiger partial charge in [-0.05, 0) is 22.3 Å². The molecule has 12 aromatic rings. The zero-order chi connectivity index (χ0) is 51.9. The van der Waals surface area contributed by atoms with E-state index < -0.39 is 22.0 Å². The molecule has 0 amide bonds. The first-order valence-electron chi connectivity index (χ1n) is 24.8. The number of rotatable bonds is 14. The van der Waals surface area contributed by atoms with Gasteiger partial charge in [-0.15, -0.1) is 0 Å². The molecule has 10 nitrogen and oxygen atoms in total. The maximum absolute atomic E-state index is 11.5. The van der Waals surface area contributed by atoms with E-state index in [1.807, 2.05) is 170 Å². The second-order valence-electron chi connectivity index (χ2n) is 18.0. The fourth-order valence-electron chi connectivity index (χ4n) is 8.86. The van der Waals surface area contributed by atoms with Crippen LogP contribution in [0.2, 0.25) is 0 Å². The van der Waals surface area contributed by atoms with Crippen molar-refractivity contribution in [3.63, 3.8) is 0 Å². The van der Waals surface area contributed by atoms with Gasteiger partial charge in [-0.3, -0.25) is 0 Å². The predicted molar refractivity (Wildman–Crippen MR) is 299 cm³/mol. The molecule has 0 atom stereocenters. The summed E-state index contributed by atoms with van der Waals surface area (Å²) < 4.78 is 12.2. The summed E-state index contributed by atoms with van der Waals surface area (Å²) in [7, 11) is 0. The number of aromatic nitrogens is 6. The molecule has 0 fully saturated rings. The van der Waals surface area contributed by atoms with E-state index in [1.54, 1.807) is 24.3 Å². The van der Waals surface area contributed by atoms with Gasteiger partial charge in [0.2, 0.25) is 0 Å². The Hall–Kier alpha value is -9.85. The van der Waals surface area contributed by atoms with Crippen LogP contribution in [-0.4, -0.2) is 40.1 Å². The van der Waals surface area contributed by atoms with E-state index in [4.69, 9.17) is 36.0 Å². The summed E-state index contributed by atoms with van der Waals surface area (Å²) in [6, 6.07) is 83.1. The summed E-state index contributed by atoms with van der Waals surface area (Å²) in [5, 5.41) is 23.1. The van der Waals surface area contributed by atoms with Crippen molar-refractivity contribution in [3.8, 4) is 136 Å². The second-order valence-corrected chi connectivity index (χ2v) is 19.2. The Morgan fingerprint density at radius 2 is 0.455 bits per heavy atom. The second kappa shape index (κ2) is 21.9. The Morgan fingerprint density at radius 1 is 0.234 bits per heavy atom. The molecule has 0 unspecified atom stereocenters. The van der Waals surface area contributed by atoms with Crippen molar-refractivity contribution in [2.45, 2.75) is 0 Å². The first kappa shape index (κ1) is 48.1. The van der Waals surface area contributed by atoms with Gasteiger partial charge in [0, 0.05) is 0 Å². The number of phenols is 2. The van der Waals surface area contributed by atoms with Gasteiger partial charge >= 0.3 is 315 Å². The minimum atomic E-state index is -1.42. The number of halogens is 1. The fraction of sp³-hybridized carbons (Fsp3) is 0. The fourth-order valence-corrected chi connectivity index (χ4v) is 9.92. The molecule has 0 radical (unpaired) electrons. The van der Waals surface area contributed by atoms with E-state index in [9.17, 15) is 10.2 Å². The topological polar surface area (TPSA) is 136 Å². The average Bonchev–Trinajstić information content (AvgIpc) is 3.50. The SMILES string of the molecule is Oc1cc(O[I-]Oc2ccc(-c3nc(-c4ccc(-c5ccccc5)cc4)nc(-c4ccc(-c5ccccc5)cc4)n3)c(O)c2)ccc1-c1nc(-c2ccc(-c3ccccc3)cc2)nc(-c2ccc(-c3ccccc3)cc2)n1. The number of benzene rings is 10. The van der Waals surface area contributed by atoms with Gasteiger partial charge in [-0.25, -0.2) is 0 Å². The van der Waals surface area contributed by atoms with Gasteiger partial charge in [-0.2, -0.15) is 0 Å². The van der Waals surface area contributed by atoms with Crippen LogP contribution >= 0.6 is 0 Å². The van der Waals surface area contributed by atoms with Crippen LogP contribution in [0.5, 0.6) is 23.0 Å². The number of aromatic hydroxyl groups is 2. The predicted octanol–water partition coefficient (Wildman–Crippen LogP) is 12.5. The molecule has 10 aromatic carbocycles. The van der Waals surface area contributed by atoms with E-state index in [0.29, 0.717) is 57.6 Å². The van der Waals surface area contributed by atoms with Crippen LogP contribution in [0.4, 0.5) is 0 Å². The average molecular weight is 1110 g/mol. The molecule has 0 aliphatic carbocycles. The molecular formula is C66H44IN6O4-. The maximum atomic E-state index is 11.5. The molecule has 0 aliphatic rings. The molecule has 2 aromatic heterocycles. The summed E-state index contributed by atoms with van der Waals surface area (Å²) in [6.45, 7) is 0. The normalized spacial score (nSPS) is 11.1. The quantitative estimate of drug-likeness (QED) is 0.101. The van der Waals surface area contributed by atoms with Crippen molar-refractivity contribution in [2.75, 3.05) is 0 Å². The molecule has 0 spiro atoms. The summed E-state index contributed by atoms with van der Waals surface area (Å²) >= 11 is -1.42. The van der Waals surface area contributed by atoms with Gasteiger partial charge in [0.05, 0.1) is 0 Å². The minimum absolute atomic E-state index is 0.0779. The van der Waals surface area contributed by atoms with Crippen molar-refractivity contribution < 1.29 is 38.4 Å². The van der Waals surface area contributed by atoms with E-state index in [2.05, 4.69) is 48.5 Å². The molecule has 0 saturated carbocycles. The van der Waals surface area contributed by atoms with Crippen LogP contribution in [0.15, 0.2) is 255 Å². The zero-order valence-corrected chi connectivity index (χ0v) is 43.2. The molecule has 2 heterocycles. The standard InChI is InChI=1S/C66H44IN6O4/c74-59-41-55(37-39-57(59)65-70-61(51-29-21-47(22-30-51)43-13-5-1-6-14-43)68-62(71-65)52-31-23-48(24-32-52)44-15-7-2-8-16-44)76-67-77-56-38-40-58(60(75)42-56)66-72-63(53-33-25-49(26-34-53)45-17-9-3-10-18-45)69-64(73-66)54-35-27-50(28-36-54)46-19-11-4-12-20-46/h1-42,74-75H/q-1. The van der Waals surface area contributed by atoms with E-state index >= 15 is 0 Å². The zero-order valence-electron chi connectivity index (χ0n) is 41.0. The van der Waals surface area contributed by atoms with Crippen molar-refractivity contribution in [3.05, 3.63) is 255 Å². The van der Waals surface area contributed by atoms with Crippen molar-refractivity contribution in [1.82, 2.24) is 29.9 Å². The summed E-state index contributed by atoms with van der Waals surface area (Å²) in [5.41, 5.74) is 12.7. The molecule has 0 aliphatic heterocycles. The number of hydrogen-bond donors (Lipinski definition) is 2. The van der Waals surface area contributed by atoms with Crippen molar-refractivity contribution in [2.24, 2.45) is 0 Å². The molecule has 12 rings (SSSR count). The summed E-state index contributed by atoms with van der Waals surface area (Å²) in [5.74, 6) is 3.07. The Kier molecular flexibility index (Phi) is 13.7. The van der Waals surface area contributed by atoms with Gasteiger partial charge in [-0.1, -0.05) is 121 Å². The van der Waals surface area contributed by atoms with Gasteiger partial charge in [0.1, 0.15) is 0 Å². The van der Waals surface area contributed by atoms with Gasteiger partial charge in [0.15, 0.2) is 0 Å². The van der Waals surface area contributed by atoms with Crippen LogP contribution in [0, 0.1) is 0 Å². The first-order valence-corrected chi connectivity index (χ1v) is 26.5. The monoisotopic (exact) mass is 1110 g/mol. The van der Waals surface area contributed by atoms with Gasteiger partial charge in [0.25, 0.3) is 0 Å². The molecule has 0 saturated heterocycles. The van der Waals surface area contributed by atoms with Crippen LogP contribution in [-0.2, 0) is 0 Å². The van der Waals surface area contributed by atoms with E-state index in [0.717, 1.165) is 66.8 Å². The van der Waals surface area contributed by atoms with Gasteiger partial charge < -0.3 is 0 Å². The Labute approximate surface area is 456 Å². The van der Waals surface area contributed by atoms with Crippen molar-refractivity contribution >= 4 is 0 Å².